The van der Waals surface area contributed by atoms with E-state index in [4.69, 9.17) is 4.74 Å². The van der Waals surface area contributed by atoms with E-state index < -0.39 is 11.9 Å². The Bertz CT molecular complexity index is 816. The molecule has 2 N–H and O–H groups in total. The van der Waals surface area contributed by atoms with Crippen molar-refractivity contribution in [2.24, 2.45) is 0 Å². The van der Waals surface area contributed by atoms with Gasteiger partial charge in [0.25, 0.3) is 5.91 Å². The zero-order valence-corrected chi connectivity index (χ0v) is 15.1. The van der Waals surface area contributed by atoms with Crippen molar-refractivity contribution in [2.45, 2.75) is 13.3 Å². The van der Waals surface area contributed by atoms with E-state index in [1.807, 2.05) is 30.3 Å². The first-order valence-electron chi connectivity index (χ1n) is 8.67. The molecule has 140 valence electrons. The van der Waals surface area contributed by atoms with Crippen molar-refractivity contribution in [3.63, 3.8) is 0 Å². The minimum atomic E-state index is -0.598. The van der Waals surface area contributed by atoms with E-state index in [0.29, 0.717) is 24.2 Å². The Labute approximate surface area is 158 Å². The van der Waals surface area contributed by atoms with Gasteiger partial charge in [-0.3, -0.25) is 9.59 Å². The Kier molecular flexibility index (Phi) is 7.78. The highest BCUT2D eigenvalue weighted by atomic mass is 16.5. The van der Waals surface area contributed by atoms with Crippen LogP contribution in [0.25, 0.3) is 0 Å². The van der Waals surface area contributed by atoms with E-state index in [9.17, 15) is 14.4 Å². The van der Waals surface area contributed by atoms with Gasteiger partial charge in [-0.2, -0.15) is 0 Å². The second-order valence-electron chi connectivity index (χ2n) is 5.61. The molecule has 0 unspecified atom stereocenters. The minimum Gasteiger partial charge on any atom is -0.463 e. The number of hydrogen-bond acceptors (Lipinski definition) is 4. The molecule has 0 spiro atoms. The molecule has 6 heteroatoms. The van der Waals surface area contributed by atoms with Crippen LogP contribution in [0.15, 0.2) is 66.7 Å². The van der Waals surface area contributed by atoms with Crippen LogP contribution in [-0.4, -0.2) is 30.9 Å². The number of carbonyl (C=O) groups is 3. The average molecular weight is 366 g/mol. The summed E-state index contributed by atoms with van der Waals surface area (Å²) in [7, 11) is 0. The van der Waals surface area contributed by atoms with E-state index in [1.165, 1.54) is 0 Å². The Hall–Kier alpha value is -3.41. The van der Waals surface area contributed by atoms with Gasteiger partial charge in [0.2, 0.25) is 5.91 Å². The first kappa shape index (κ1) is 19.9. The summed E-state index contributed by atoms with van der Waals surface area (Å²) in [4.78, 5) is 35.6. The van der Waals surface area contributed by atoms with Crippen LogP contribution < -0.4 is 10.6 Å². The van der Waals surface area contributed by atoms with Crippen LogP contribution in [-0.2, 0) is 20.7 Å². The van der Waals surface area contributed by atoms with E-state index in [1.54, 1.807) is 31.2 Å². The smallest absolute Gasteiger partial charge is 0.330 e. The van der Waals surface area contributed by atoms with Crippen LogP contribution in [0.3, 0.4) is 0 Å². The van der Waals surface area contributed by atoms with Crippen molar-refractivity contribution in [1.82, 2.24) is 5.32 Å². The lowest BCUT2D eigenvalue weighted by Crippen LogP contribution is -2.27. The molecule has 0 heterocycles. The van der Waals surface area contributed by atoms with E-state index in [2.05, 4.69) is 10.6 Å². The Morgan fingerprint density at radius 1 is 0.963 bits per heavy atom. The van der Waals surface area contributed by atoms with Crippen molar-refractivity contribution < 1.29 is 19.1 Å². The molecule has 0 atom stereocenters. The third kappa shape index (κ3) is 6.78. The molecule has 0 aromatic heterocycles. The minimum absolute atomic E-state index is 0.233. The molecule has 6 nitrogen and oxygen atoms in total. The van der Waals surface area contributed by atoms with Crippen molar-refractivity contribution in [3.05, 3.63) is 77.9 Å². The zero-order valence-electron chi connectivity index (χ0n) is 15.1. The van der Waals surface area contributed by atoms with Crippen LogP contribution in [0, 0.1) is 0 Å². The molecule has 0 fully saturated rings. The van der Waals surface area contributed by atoms with E-state index in [-0.39, 0.29) is 12.5 Å². The molecule has 2 aromatic carbocycles. The zero-order chi connectivity index (χ0) is 19.5. The molecule has 2 rings (SSSR count). The first-order chi connectivity index (χ1) is 13.1. The maximum absolute atomic E-state index is 12.4. The van der Waals surface area contributed by atoms with E-state index in [0.717, 1.165) is 17.7 Å². The maximum atomic E-state index is 12.4. The molecule has 0 aliphatic heterocycles. The predicted molar refractivity (Wildman–Crippen MR) is 103 cm³/mol. The molecule has 0 radical (unpaired) electrons. The molecular weight excluding hydrogens is 344 g/mol. The first-order valence-corrected chi connectivity index (χ1v) is 8.67. The number of rotatable bonds is 8. The fourth-order valence-corrected chi connectivity index (χ4v) is 2.36. The number of amides is 2. The number of para-hydroxylation sites is 1. The third-order valence-electron chi connectivity index (χ3n) is 3.63. The van der Waals surface area contributed by atoms with Crippen LogP contribution in [0.4, 0.5) is 5.69 Å². The molecule has 0 aliphatic rings. The van der Waals surface area contributed by atoms with Gasteiger partial charge in [-0.05, 0) is 31.0 Å². The van der Waals surface area contributed by atoms with Crippen molar-refractivity contribution in [3.8, 4) is 0 Å². The number of anilines is 1. The molecule has 2 amide bonds. The van der Waals surface area contributed by atoms with Crippen LogP contribution in [0.2, 0.25) is 0 Å². The largest absolute Gasteiger partial charge is 0.463 e. The topological polar surface area (TPSA) is 84.5 Å². The molecule has 0 aliphatic carbocycles. The quantitative estimate of drug-likeness (QED) is 0.556. The summed E-state index contributed by atoms with van der Waals surface area (Å²) in [5, 5.41) is 5.45. The summed E-state index contributed by atoms with van der Waals surface area (Å²) in [5.41, 5.74) is 1.85. The second kappa shape index (κ2) is 10.6. The number of ether oxygens (including phenoxy) is 1. The molecular formula is C21H22N2O4. The molecule has 0 bridgehead atoms. The van der Waals surface area contributed by atoms with Crippen LogP contribution in [0.1, 0.15) is 22.8 Å². The summed E-state index contributed by atoms with van der Waals surface area (Å²) in [6, 6.07) is 16.5. The van der Waals surface area contributed by atoms with E-state index >= 15 is 0 Å². The number of nitrogens with one attached hydrogen (secondary N) is 2. The van der Waals surface area contributed by atoms with Gasteiger partial charge in [0, 0.05) is 18.7 Å². The Morgan fingerprint density at radius 2 is 1.67 bits per heavy atom. The van der Waals surface area contributed by atoms with Gasteiger partial charge >= 0.3 is 5.97 Å². The lowest BCUT2D eigenvalue weighted by Gasteiger charge is -2.10. The van der Waals surface area contributed by atoms with Gasteiger partial charge in [-0.25, -0.2) is 4.79 Å². The second-order valence-corrected chi connectivity index (χ2v) is 5.61. The SMILES string of the molecule is CCOC(=O)C=CC(=O)Nc1ccccc1C(=O)NCCc1ccccc1. The number of benzene rings is 2. The fraction of sp³-hybridized carbons (Fsp3) is 0.190. The standard InChI is InChI=1S/C21H22N2O4/c1-2-27-20(25)13-12-19(24)23-18-11-7-6-10-17(18)21(26)22-15-14-16-8-4-3-5-9-16/h3-13H,2,14-15H2,1H3,(H,22,26)(H,23,24). The highest BCUT2D eigenvalue weighted by Gasteiger charge is 2.12. The lowest BCUT2D eigenvalue weighted by molar-refractivity contribution is -0.137. The Morgan fingerprint density at radius 3 is 2.41 bits per heavy atom. The van der Waals surface area contributed by atoms with Crippen molar-refractivity contribution >= 4 is 23.5 Å². The summed E-state index contributed by atoms with van der Waals surface area (Å²) in [6.45, 7) is 2.39. The fourth-order valence-electron chi connectivity index (χ4n) is 2.36. The number of esters is 1. The van der Waals surface area contributed by atoms with Gasteiger partial charge in [0.05, 0.1) is 17.9 Å². The van der Waals surface area contributed by atoms with Crippen LogP contribution in [0.5, 0.6) is 0 Å². The van der Waals surface area contributed by atoms with Gasteiger partial charge < -0.3 is 15.4 Å². The van der Waals surface area contributed by atoms with Gasteiger partial charge in [0.15, 0.2) is 0 Å². The number of carbonyl (C=O) groups excluding carboxylic acids is 3. The van der Waals surface area contributed by atoms with Crippen molar-refractivity contribution in [2.75, 3.05) is 18.5 Å². The highest BCUT2D eigenvalue weighted by molar-refractivity contribution is 6.07. The monoisotopic (exact) mass is 366 g/mol. The summed E-state index contributed by atoms with van der Waals surface area (Å²) in [5.74, 6) is -1.40. The normalized spacial score (nSPS) is 10.4. The highest BCUT2D eigenvalue weighted by Crippen LogP contribution is 2.15. The molecule has 0 saturated heterocycles. The van der Waals surface area contributed by atoms with Crippen molar-refractivity contribution in [1.29, 1.82) is 0 Å². The molecule has 27 heavy (non-hydrogen) atoms. The lowest BCUT2D eigenvalue weighted by atomic mass is 10.1. The predicted octanol–water partition coefficient (Wildman–Crippen LogP) is 2.72. The third-order valence-corrected chi connectivity index (χ3v) is 3.63. The maximum Gasteiger partial charge on any atom is 0.330 e. The molecule has 0 saturated carbocycles. The summed E-state index contributed by atoms with van der Waals surface area (Å²) < 4.78 is 4.72. The number of hydrogen-bond donors (Lipinski definition) is 2. The summed E-state index contributed by atoms with van der Waals surface area (Å²) >= 11 is 0. The van der Waals surface area contributed by atoms with Gasteiger partial charge in [-0.1, -0.05) is 42.5 Å². The Balaban J connectivity index is 1.94. The van der Waals surface area contributed by atoms with Gasteiger partial charge in [0.1, 0.15) is 0 Å². The average Bonchev–Trinajstić information content (AvgIpc) is 2.68. The van der Waals surface area contributed by atoms with Gasteiger partial charge in [-0.15, -0.1) is 0 Å². The summed E-state index contributed by atoms with van der Waals surface area (Å²) in [6.07, 6.45) is 2.83. The molecule has 2 aromatic rings. The van der Waals surface area contributed by atoms with Crippen LogP contribution >= 0.6 is 0 Å².